The van der Waals surface area contributed by atoms with Crippen LogP contribution >= 0.6 is 0 Å². The van der Waals surface area contributed by atoms with E-state index in [9.17, 15) is 14.3 Å². The molecule has 110 valence electrons. The summed E-state index contributed by atoms with van der Waals surface area (Å²) >= 11 is 0. The van der Waals surface area contributed by atoms with E-state index in [2.05, 4.69) is 0 Å². The van der Waals surface area contributed by atoms with Gasteiger partial charge < -0.3 is 9.84 Å². The molecule has 1 fully saturated rings. The number of carbonyl (C=O) groups excluding carboxylic acids is 1. The molecule has 3 nitrogen and oxygen atoms in total. The first kappa shape index (κ1) is 14.8. The second kappa shape index (κ2) is 6.73. The molecule has 0 unspecified atom stereocenters. The van der Waals surface area contributed by atoms with Gasteiger partial charge in [0.05, 0.1) is 6.61 Å². The van der Waals surface area contributed by atoms with Crippen molar-refractivity contribution in [3.8, 4) is 5.75 Å². The van der Waals surface area contributed by atoms with Crippen LogP contribution in [0.1, 0.15) is 50.5 Å². The van der Waals surface area contributed by atoms with Crippen LogP contribution in [-0.2, 0) is 9.53 Å². The average molecular weight is 280 g/mol. The Morgan fingerprint density at radius 3 is 2.65 bits per heavy atom. The van der Waals surface area contributed by atoms with Crippen LogP contribution in [0.2, 0.25) is 0 Å². The van der Waals surface area contributed by atoms with Crippen LogP contribution in [0.25, 0.3) is 0 Å². The smallest absolute Gasteiger partial charge is 0.306 e. The molecule has 0 bridgehead atoms. The maximum atomic E-state index is 13.8. The first-order chi connectivity index (χ1) is 9.60. The number of benzene rings is 1. The first-order valence-electron chi connectivity index (χ1n) is 7.24. The van der Waals surface area contributed by atoms with Gasteiger partial charge in [-0.15, -0.1) is 0 Å². The maximum absolute atomic E-state index is 13.8. The van der Waals surface area contributed by atoms with Crippen molar-refractivity contribution in [1.82, 2.24) is 0 Å². The molecule has 1 aromatic carbocycles. The van der Waals surface area contributed by atoms with Crippen LogP contribution in [0.5, 0.6) is 5.75 Å². The van der Waals surface area contributed by atoms with Gasteiger partial charge in [-0.05, 0) is 56.1 Å². The molecule has 2 rings (SSSR count). The summed E-state index contributed by atoms with van der Waals surface area (Å²) in [4.78, 5) is 11.4. The number of esters is 1. The SMILES string of the molecule is CCOC(=O)C[C@H]1CC[C@@H](c2ccc(O)cc2F)CC1. The lowest BCUT2D eigenvalue weighted by molar-refractivity contribution is -0.144. The van der Waals surface area contributed by atoms with Crippen LogP contribution in [0.3, 0.4) is 0 Å². The molecular weight excluding hydrogens is 259 g/mol. The number of ether oxygens (including phenoxy) is 1. The highest BCUT2D eigenvalue weighted by atomic mass is 19.1. The molecule has 1 aliphatic rings. The Kier molecular flexibility index (Phi) is 4.99. The molecule has 0 amide bonds. The molecule has 0 radical (unpaired) electrons. The molecule has 1 N–H and O–H groups in total. The van der Waals surface area contributed by atoms with E-state index in [-0.39, 0.29) is 23.5 Å². The van der Waals surface area contributed by atoms with Gasteiger partial charge in [0.25, 0.3) is 0 Å². The maximum Gasteiger partial charge on any atom is 0.306 e. The third kappa shape index (κ3) is 3.71. The third-order valence-electron chi connectivity index (χ3n) is 4.03. The van der Waals surface area contributed by atoms with Crippen molar-refractivity contribution in [3.63, 3.8) is 0 Å². The van der Waals surface area contributed by atoms with E-state index in [1.165, 1.54) is 12.1 Å². The summed E-state index contributed by atoms with van der Waals surface area (Å²) in [6.07, 6.45) is 4.07. The number of phenolic OH excluding ortho intramolecular Hbond substituents is 1. The van der Waals surface area contributed by atoms with Crippen LogP contribution in [-0.4, -0.2) is 17.7 Å². The van der Waals surface area contributed by atoms with Crippen molar-refractivity contribution in [2.24, 2.45) is 5.92 Å². The zero-order chi connectivity index (χ0) is 14.5. The predicted molar refractivity (Wildman–Crippen MR) is 74.0 cm³/mol. The number of carbonyl (C=O) groups is 1. The molecule has 20 heavy (non-hydrogen) atoms. The molecular formula is C16H21FO3. The van der Waals surface area contributed by atoms with E-state index in [1.54, 1.807) is 6.07 Å². The largest absolute Gasteiger partial charge is 0.508 e. The first-order valence-corrected chi connectivity index (χ1v) is 7.24. The number of hydrogen-bond acceptors (Lipinski definition) is 3. The Hall–Kier alpha value is -1.58. The van der Waals surface area contributed by atoms with E-state index in [1.807, 2.05) is 6.92 Å². The number of hydrogen-bond donors (Lipinski definition) is 1. The van der Waals surface area contributed by atoms with E-state index in [0.717, 1.165) is 25.7 Å². The van der Waals surface area contributed by atoms with Crippen molar-refractivity contribution >= 4 is 5.97 Å². The lowest BCUT2D eigenvalue weighted by Crippen LogP contribution is -2.18. The topological polar surface area (TPSA) is 46.5 Å². The summed E-state index contributed by atoms with van der Waals surface area (Å²) in [5.41, 5.74) is 0.678. The van der Waals surface area contributed by atoms with Gasteiger partial charge in [0, 0.05) is 12.5 Å². The zero-order valence-corrected chi connectivity index (χ0v) is 11.8. The van der Waals surface area contributed by atoms with Crippen LogP contribution in [0, 0.1) is 11.7 Å². The molecule has 1 saturated carbocycles. The quantitative estimate of drug-likeness (QED) is 0.854. The van der Waals surface area contributed by atoms with Crippen molar-refractivity contribution < 1.29 is 19.0 Å². The van der Waals surface area contributed by atoms with Gasteiger partial charge in [-0.3, -0.25) is 4.79 Å². The van der Waals surface area contributed by atoms with Gasteiger partial charge in [-0.2, -0.15) is 0 Å². The van der Waals surface area contributed by atoms with E-state index < -0.39 is 0 Å². The molecule has 0 aliphatic heterocycles. The molecule has 4 heteroatoms. The Morgan fingerprint density at radius 2 is 2.05 bits per heavy atom. The number of rotatable bonds is 4. The number of aromatic hydroxyl groups is 1. The molecule has 1 aliphatic carbocycles. The Morgan fingerprint density at radius 1 is 1.35 bits per heavy atom. The van der Waals surface area contributed by atoms with E-state index >= 15 is 0 Å². The molecule has 0 atom stereocenters. The van der Waals surface area contributed by atoms with Crippen LogP contribution in [0.15, 0.2) is 18.2 Å². The van der Waals surface area contributed by atoms with Crippen LogP contribution in [0.4, 0.5) is 4.39 Å². The summed E-state index contributed by atoms with van der Waals surface area (Å²) < 4.78 is 18.8. The fourth-order valence-corrected chi connectivity index (χ4v) is 2.98. The Balaban J connectivity index is 1.89. The van der Waals surface area contributed by atoms with Gasteiger partial charge in [0.15, 0.2) is 0 Å². The fraction of sp³-hybridized carbons (Fsp3) is 0.562. The van der Waals surface area contributed by atoms with Crippen molar-refractivity contribution in [2.75, 3.05) is 6.61 Å². The Bertz CT molecular complexity index is 465. The minimum Gasteiger partial charge on any atom is -0.508 e. The highest BCUT2D eigenvalue weighted by Crippen LogP contribution is 2.38. The summed E-state index contributed by atoms with van der Waals surface area (Å²) in [6.45, 7) is 2.23. The molecule has 0 spiro atoms. The lowest BCUT2D eigenvalue weighted by Gasteiger charge is -2.28. The minimum absolute atomic E-state index is 0.0396. The van der Waals surface area contributed by atoms with Crippen molar-refractivity contribution in [2.45, 2.75) is 44.9 Å². The monoisotopic (exact) mass is 280 g/mol. The summed E-state index contributed by atoms with van der Waals surface area (Å²) in [6, 6.07) is 4.37. The fourth-order valence-electron chi connectivity index (χ4n) is 2.98. The molecule has 1 aromatic rings. The predicted octanol–water partition coefficient (Wildman–Crippen LogP) is 3.76. The van der Waals surface area contributed by atoms with Gasteiger partial charge in [0.1, 0.15) is 11.6 Å². The van der Waals surface area contributed by atoms with Gasteiger partial charge in [-0.1, -0.05) is 6.07 Å². The number of halogens is 1. The van der Waals surface area contributed by atoms with Gasteiger partial charge in [-0.25, -0.2) is 4.39 Å². The van der Waals surface area contributed by atoms with E-state index in [0.29, 0.717) is 24.5 Å². The zero-order valence-electron chi connectivity index (χ0n) is 11.8. The summed E-state index contributed by atoms with van der Waals surface area (Å²) in [7, 11) is 0. The molecule has 0 heterocycles. The highest BCUT2D eigenvalue weighted by molar-refractivity contribution is 5.69. The molecule has 0 aromatic heterocycles. The third-order valence-corrected chi connectivity index (χ3v) is 4.03. The number of phenols is 1. The standard InChI is InChI=1S/C16H21FO3/c1-2-20-16(19)9-11-3-5-12(6-4-11)14-8-7-13(18)10-15(14)17/h7-8,10-12,18H,2-6,9H2,1H3/t11-,12+. The minimum atomic E-state index is -0.334. The van der Waals surface area contributed by atoms with Crippen molar-refractivity contribution in [3.05, 3.63) is 29.6 Å². The Labute approximate surface area is 118 Å². The molecule has 0 saturated heterocycles. The van der Waals surface area contributed by atoms with Crippen molar-refractivity contribution in [1.29, 1.82) is 0 Å². The van der Waals surface area contributed by atoms with Gasteiger partial charge in [0.2, 0.25) is 0 Å². The highest BCUT2D eigenvalue weighted by Gasteiger charge is 2.26. The summed E-state index contributed by atoms with van der Waals surface area (Å²) in [5.74, 6) is 0.0346. The van der Waals surface area contributed by atoms with Gasteiger partial charge >= 0.3 is 5.97 Å². The van der Waals surface area contributed by atoms with E-state index in [4.69, 9.17) is 4.74 Å². The lowest BCUT2D eigenvalue weighted by atomic mass is 9.77. The summed E-state index contributed by atoms with van der Waals surface area (Å²) in [5, 5.41) is 9.24. The average Bonchev–Trinajstić information content (AvgIpc) is 2.40. The normalized spacial score (nSPS) is 22.5. The van der Waals surface area contributed by atoms with Crippen LogP contribution < -0.4 is 0 Å². The second-order valence-corrected chi connectivity index (χ2v) is 5.43. The second-order valence-electron chi connectivity index (χ2n) is 5.43.